The van der Waals surface area contributed by atoms with Gasteiger partial charge in [0.2, 0.25) is 0 Å². The Morgan fingerprint density at radius 3 is 1.79 bits per heavy atom. The van der Waals surface area contributed by atoms with Crippen LogP contribution < -0.4 is 5.32 Å². The molecule has 1 saturated heterocycles. The number of piperidine rings is 1. The summed E-state index contributed by atoms with van der Waals surface area (Å²) in [7, 11) is 0. The number of carboxylic acids is 2. The van der Waals surface area contributed by atoms with E-state index in [-0.39, 0.29) is 0 Å². The molecule has 1 rings (SSSR count). The molecule has 76 valence electrons. The molecule has 0 bridgehead atoms. The van der Waals surface area contributed by atoms with Gasteiger partial charge in [0.1, 0.15) is 6.42 Å². The van der Waals surface area contributed by atoms with Gasteiger partial charge in [-0.05, 0) is 0 Å². The van der Waals surface area contributed by atoms with Crippen molar-refractivity contribution >= 4 is 39.9 Å². The molecule has 0 atom stereocenters. The Balaban J connectivity index is 0.000000241. The maximum atomic E-state index is 9.43. The van der Waals surface area contributed by atoms with Crippen LogP contribution in [0.2, 0.25) is 3.17 Å². The number of hydrogen-bond donors (Lipinski definition) is 3. The Morgan fingerprint density at radius 2 is 1.64 bits per heavy atom. The van der Waals surface area contributed by atoms with Crippen LogP contribution in [0, 0.1) is 0 Å². The molecule has 14 heavy (non-hydrogen) atoms. The van der Waals surface area contributed by atoms with Crippen LogP contribution in [0.1, 0.15) is 19.3 Å². The zero-order chi connectivity index (χ0) is 11.0. The normalized spacial score (nSPS) is 16.7. The van der Waals surface area contributed by atoms with Crippen molar-refractivity contribution in [2.75, 3.05) is 13.1 Å². The van der Waals surface area contributed by atoms with E-state index in [1.54, 1.807) is 0 Å². The molecule has 5 nitrogen and oxygen atoms in total. The number of aliphatic carboxylic acids is 2. The molecule has 0 aromatic rings. The molecule has 3 N–H and O–H groups in total. The van der Waals surface area contributed by atoms with Crippen LogP contribution in [-0.4, -0.2) is 63.2 Å². The van der Waals surface area contributed by atoms with Gasteiger partial charge in [-0.2, -0.15) is 0 Å². The second-order valence-electron chi connectivity index (χ2n) is 3.40. The van der Waals surface area contributed by atoms with Crippen LogP contribution in [0.25, 0.3) is 0 Å². The van der Waals surface area contributed by atoms with E-state index in [0.717, 1.165) is 3.17 Å². The zero-order valence-corrected chi connectivity index (χ0v) is 10.3. The first-order valence-electron chi connectivity index (χ1n) is 4.66. The Morgan fingerprint density at radius 1 is 1.21 bits per heavy atom. The first-order chi connectivity index (χ1) is 6.52. The molecule has 0 aromatic heterocycles. The van der Waals surface area contributed by atoms with E-state index in [0.29, 0.717) is 0 Å². The average molecular weight is 211 g/mol. The van der Waals surface area contributed by atoms with E-state index in [2.05, 4.69) is 5.32 Å². The minimum atomic E-state index is -1.31. The van der Waals surface area contributed by atoms with Crippen molar-refractivity contribution in [1.82, 2.24) is 5.32 Å². The van der Waals surface area contributed by atoms with Crippen LogP contribution in [0.4, 0.5) is 0 Å². The second kappa shape index (κ2) is 8.23. The molecule has 1 aliphatic rings. The summed E-state index contributed by atoms with van der Waals surface area (Å²) in [6.07, 6.45) is 2.07. The fourth-order valence-electron chi connectivity index (χ4n) is 1.10. The van der Waals surface area contributed by atoms with Crippen LogP contribution in [0.15, 0.2) is 0 Å². The molecule has 1 aliphatic heterocycles. The SMILES string of the molecule is O=C(O)CC(=O)O.[Na][CH]1CCNCC1. The maximum absolute atomic E-state index is 9.43. The third-order valence-electron chi connectivity index (χ3n) is 1.93. The molecular formula is C8H14NNaO4. The molecule has 0 radical (unpaired) electrons. The van der Waals surface area contributed by atoms with Crippen molar-refractivity contribution in [3.05, 3.63) is 0 Å². The first kappa shape index (κ1) is 13.9. The average Bonchev–Trinajstić information content (AvgIpc) is 2.03. The van der Waals surface area contributed by atoms with Gasteiger partial charge in [0.25, 0.3) is 0 Å². The van der Waals surface area contributed by atoms with E-state index in [1.165, 1.54) is 53.9 Å². The molecule has 0 saturated carbocycles. The van der Waals surface area contributed by atoms with Crippen molar-refractivity contribution in [3.8, 4) is 0 Å². The van der Waals surface area contributed by atoms with Gasteiger partial charge in [-0.1, -0.05) is 0 Å². The third kappa shape index (κ3) is 9.98. The molecule has 0 spiro atoms. The van der Waals surface area contributed by atoms with Gasteiger partial charge in [0.15, 0.2) is 0 Å². The van der Waals surface area contributed by atoms with Gasteiger partial charge < -0.3 is 10.2 Å². The summed E-state index contributed by atoms with van der Waals surface area (Å²) in [6, 6.07) is 0. The van der Waals surface area contributed by atoms with Gasteiger partial charge in [0, 0.05) is 0 Å². The van der Waals surface area contributed by atoms with Gasteiger partial charge >= 0.3 is 74.3 Å². The van der Waals surface area contributed by atoms with E-state index in [4.69, 9.17) is 10.2 Å². The standard InChI is InChI=1S/C5H10N.C3H4O4.Na/c1-2-4-6-5-3-1;4-2(5)1-3(6)7;/h1,6H,2-5H2;1H2,(H,4,5)(H,6,7);. The number of carboxylic acid groups (broad SMARTS) is 2. The summed E-state index contributed by atoms with van der Waals surface area (Å²) in [5, 5.41) is 18.7. The molecule has 6 heteroatoms. The number of nitrogens with one attached hydrogen (secondary N) is 1. The summed E-state index contributed by atoms with van der Waals surface area (Å²) >= 11 is 1.41. The van der Waals surface area contributed by atoms with Crippen molar-refractivity contribution in [1.29, 1.82) is 0 Å². The third-order valence-corrected chi connectivity index (χ3v) is 3.08. The topological polar surface area (TPSA) is 86.6 Å². The Bertz CT molecular complexity index is 180. The van der Waals surface area contributed by atoms with Crippen molar-refractivity contribution in [2.45, 2.75) is 22.4 Å². The van der Waals surface area contributed by atoms with E-state index in [1.807, 2.05) is 0 Å². The van der Waals surface area contributed by atoms with Gasteiger partial charge in [-0.25, -0.2) is 0 Å². The Labute approximate surface area is 100 Å². The second-order valence-corrected chi connectivity index (χ2v) is 5.03. The van der Waals surface area contributed by atoms with Crippen molar-refractivity contribution < 1.29 is 19.8 Å². The van der Waals surface area contributed by atoms with Crippen LogP contribution in [0.5, 0.6) is 0 Å². The molecule has 1 fully saturated rings. The van der Waals surface area contributed by atoms with Crippen molar-refractivity contribution in [3.63, 3.8) is 0 Å². The number of rotatable bonds is 2. The Hall–Kier alpha value is -0.100. The van der Waals surface area contributed by atoms with Gasteiger partial charge in [-0.3, -0.25) is 9.59 Å². The van der Waals surface area contributed by atoms with Gasteiger partial charge in [0.05, 0.1) is 0 Å². The summed E-state index contributed by atoms with van der Waals surface area (Å²) < 4.78 is 1.11. The molecule has 0 unspecified atom stereocenters. The molecular weight excluding hydrogens is 197 g/mol. The minimum absolute atomic E-state index is 0.806. The summed E-state index contributed by atoms with van der Waals surface area (Å²) in [6.45, 7) is 2.54. The fraction of sp³-hybridized carbons (Fsp3) is 0.750. The van der Waals surface area contributed by atoms with E-state index >= 15 is 0 Å². The number of hydrogen-bond acceptors (Lipinski definition) is 3. The van der Waals surface area contributed by atoms with Crippen molar-refractivity contribution in [2.24, 2.45) is 0 Å². The predicted molar refractivity (Wildman–Crippen MR) is 51.5 cm³/mol. The molecule has 0 amide bonds. The summed E-state index contributed by atoms with van der Waals surface area (Å²) in [5.74, 6) is -2.62. The number of carbonyl (C=O) groups is 2. The summed E-state index contributed by atoms with van der Waals surface area (Å²) in [5.41, 5.74) is 0. The van der Waals surface area contributed by atoms with Gasteiger partial charge in [-0.15, -0.1) is 0 Å². The van der Waals surface area contributed by atoms with E-state index in [9.17, 15) is 9.59 Å². The molecule has 0 aromatic carbocycles. The first-order valence-corrected chi connectivity index (χ1v) is 5.82. The molecule has 0 aliphatic carbocycles. The van der Waals surface area contributed by atoms with Crippen LogP contribution in [0.3, 0.4) is 0 Å². The monoisotopic (exact) mass is 211 g/mol. The zero-order valence-electron chi connectivity index (χ0n) is 8.32. The summed E-state index contributed by atoms with van der Waals surface area (Å²) in [4.78, 5) is 18.9. The Kier molecular flexibility index (Phi) is 8.17. The predicted octanol–water partition coefficient (Wildman–Crippen LogP) is -0.128. The van der Waals surface area contributed by atoms with Crippen LogP contribution >= 0.6 is 0 Å². The molecule has 1 heterocycles. The van der Waals surface area contributed by atoms with Crippen LogP contribution in [-0.2, 0) is 9.59 Å². The quantitative estimate of drug-likeness (QED) is 0.437. The van der Waals surface area contributed by atoms with E-state index < -0.39 is 18.4 Å². The fourth-order valence-corrected chi connectivity index (χ4v) is 1.67.